The molecule has 4 atom stereocenters. The molecule has 1 aliphatic rings. The van der Waals surface area contributed by atoms with E-state index in [1.807, 2.05) is 44.2 Å². The topological polar surface area (TPSA) is 95.7 Å². The van der Waals surface area contributed by atoms with Crippen molar-refractivity contribution in [1.29, 1.82) is 0 Å². The second-order valence-electron chi connectivity index (χ2n) is 8.35. The van der Waals surface area contributed by atoms with Crippen LogP contribution in [0.15, 0.2) is 40.9 Å². The molecule has 3 rings (SSSR count). The van der Waals surface area contributed by atoms with Crippen molar-refractivity contribution in [2.24, 2.45) is 5.92 Å². The average Bonchev–Trinajstić information content (AvgIpc) is 3.32. The number of β-amino-alcohol motifs (C(OH)–C–C–N with tert-alkyl or cyclic N) is 1. The summed E-state index contributed by atoms with van der Waals surface area (Å²) in [4.78, 5) is 27.8. The highest BCUT2D eigenvalue weighted by Crippen LogP contribution is 2.31. The second-order valence-corrected chi connectivity index (χ2v) is 8.35. The molecule has 7 nitrogen and oxygen atoms in total. The number of aryl methyl sites for hydroxylation is 1. The number of carbonyl (C=O) groups is 2. The van der Waals surface area contributed by atoms with Gasteiger partial charge in [-0.25, -0.2) is 0 Å². The quantitative estimate of drug-likeness (QED) is 0.719. The first-order valence-electron chi connectivity index (χ1n) is 10.5. The third-order valence-corrected chi connectivity index (χ3v) is 5.32. The molecule has 2 heterocycles. The number of amides is 2. The Morgan fingerprint density at radius 2 is 1.97 bits per heavy atom. The van der Waals surface area contributed by atoms with E-state index < -0.39 is 24.1 Å². The van der Waals surface area contributed by atoms with E-state index in [4.69, 9.17) is 4.52 Å². The molecule has 164 valence electrons. The van der Waals surface area contributed by atoms with E-state index in [-0.39, 0.29) is 30.7 Å². The average molecular weight is 424 g/mol. The predicted octanol–water partition coefficient (Wildman–Crippen LogP) is 2.24. The van der Waals surface area contributed by atoms with Crippen LogP contribution in [0.5, 0.6) is 0 Å². The van der Waals surface area contributed by atoms with E-state index in [0.717, 1.165) is 5.56 Å². The molecule has 1 unspecified atom stereocenters. The number of aromatic nitrogens is 1. The zero-order valence-corrected chi connectivity index (χ0v) is 18.3. The number of nitrogens with one attached hydrogen (secondary N) is 1. The van der Waals surface area contributed by atoms with Gasteiger partial charge in [-0.05, 0) is 31.9 Å². The van der Waals surface area contributed by atoms with Crippen LogP contribution in [-0.4, -0.2) is 51.7 Å². The van der Waals surface area contributed by atoms with Crippen molar-refractivity contribution in [3.8, 4) is 11.8 Å². The van der Waals surface area contributed by atoms with Gasteiger partial charge in [0.2, 0.25) is 11.8 Å². The molecule has 2 aromatic rings. The van der Waals surface area contributed by atoms with Crippen molar-refractivity contribution in [2.45, 2.75) is 58.2 Å². The van der Waals surface area contributed by atoms with Crippen LogP contribution < -0.4 is 5.32 Å². The first-order chi connectivity index (χ1) is 14.8. The number of aliphatic hydroxyl groups is 1. The van der Waals surface area contributed by atoms with Crippen LogP contribution in [0.4, 0.5) is 0 Å². The summed E-state index contributed by atoms with van der Waals surface area (Å²) in [5.41, 5.74) is 1.55. The minimum Gasteiger partial charge on any atom is -0.391 e. The lowest BCUT2D eigenvalue weighted by atomic mass is 9.91. The number of rotatable bonds is 5. The molecular formula is C24H29N3O4. The Balaban J connectivity index is 1.73. The molecule has 2 N–H and O–H groups in total. The van der Waals surface area contributed by atoms with E-state index in [1.165, 1.54) is 4.90 Å². The maximum Gasteiger partial charge on any atom is 0.243 e. The van der Waals surface area contributed by atoms with Crippen molar-refractivity contribution in [1.82, 2.24) is 15.4 Å². The lowest BCUT2D eigenvalue weighted by Gasteiger charge is -2.29. The second kappa shape index (κ2) is 9.80. The van der Waals surface area contributed by atoms with Gasteiger partial charge in [0.15, 0.2) is 0 Å². The van der Waals surface area contributed by atoms with Gasteiger partial charge < -0.3 is 19.8 Å². The van der Waals surface area contributed by atoms with Crippen LogP contribution in [0, 0.1) is 24.7 Å². The van der Waals surface area contributed by atoms with Crippen LogP contribution in [-0.2, 0) is 9.59 Å². The first-order valence-corrected chi connectivity index (χ1v) is 10.5. The summed E-state index contributed by atoms with van der Waals surface area (Å²) in [5, 5.41) is 17.0. The maximum absolute atomic E-state index is 13.4. The fourth-order valence-electron chi connectivity index (χ4n) is 3.81. The van der Waals surface area contributed by atoms with Crippen molar-refractivity contribution in [2.75, 3.05) is 6.54 Å². The molecule has 1 fully saturated rings. The first kappa shape index (κ1) is 22.6. The van der Waals surface area contributed by atoms with Gasteiger partial charge in [0.1, 0.15) is 17.7 Å². The van der Waals surface area contributed by atoms with E-state index in [9.17, 15) is 14.7 Å². The number of carbonyl (C=O) groups excluding carboxylic acids is 2. The zero-order chi connectivity index (χ0) is 22.5. The lowest BCUT2D eigenvalue weighted by Crippen LogP contribution is -2.49. The van der Waals surface area contributed by atoms with Crippen molar-refractivity contribution in [3.05, 3.63) is 53.4 Å². The third-order valence-electron chi connectivity index (χ3n) is 5.32. The van der Waals surface area contributed by atoms with Gasteiger partial charge >= 0.3 is 0 Å². The van der Waals surface area contributed by atoms with E-state index in [2.05, 4.69) is 22.3 Å². The van der Waals surface area contributed by atoms with Gasteiger partial charge in [-0.15, -0.1) is 0 Å². The van der Waals surface area contributed by atoms with Gasteiger partial charge in [0.05, 0.1) is 17.8 Å². The van der Waals surface area contributed by atoms with Gasteiger partial charge in [-0.1, -0.05) is 49.0 Å². The van der Waals surface area contributed by atoms with Gasteiger partial charge in [0.25, 0.3) is 0 Å². The monoisotopic (exact) mass is 423 g/mol. The summed E-state index contributed by atoms with van der Waals surface area (Å²) < 4.78 is 5.35. The Bertz CT molecular complexity index is 973. The van der Waals surface area contributed by atoms with E-state index in [1.54, 1.807) is 19.9 Å². The molecule has 1 aromatic carbocycles. The van der Waals surface area contributed by atoms with Crippen LogP contribution in [0.3, 0.4) is 0 Å². The molecular weight excluding hydrogens is 394 g/mol. The van der Waals surface area contributed by atoms with Crippen molar-refractivity contribution in [3.63, 3.8) is 0 Å². The highest BCUT2D eigenvalue weighted by atomic mass is 16.5. The molecule has 0 radical (unpaired) electrons. The van der Waals surface area contributed by atoms with Gasteiger partial charge in [-0.3, -0.25) is 9.59 Å². The molecule has 7 heteroatoms. The fraction of sp³-hybridized carbons (Fsp3) is 0.458. The smallest absolute Gasteiger partial charge is 0.243 e. The number of likely N-dealkylation sites (tertiary alicyclic amines) is 1. The van der Waals surface area contributed by atoms with Crippen molar-refractivity contribution >= 4 is 11.8 Å². The summed E-state index contributed by atoms with van der Waals surface area (Å²) >= 11 is 0. The molecule has 0 spiro atoms. The Kier molecular flexibility index (Phi) is 7.13. The number of hydrogen-bond acceptors (Lipinski definition) is 5. The van der Waals surface area contributed by atoms with Crippen LogP contribution in [0.1, 0.15) is 50.1 Å². The van der Waals surface area contributed by atoms with Crippen molar-refractivity contribution < 1.29 is 19.2 Å². The van der Waals surface area contributed by atoms with Crippen LogP contribution in [0.25, 0.3) is 0 Å². The molecule has 1 saturated heterocycles. The van der Waals surface area contributed by atoms with E-state index >= 15 is 0 Å². The van der Waals surface area contributed by atoms with Crippen LogP contribution >= 0.6 is 0 Å². The van der Waals surface area contributed by atoms with E-state index in [0.29, 0.717) is 11.5 Å². The number of benzene rings is 1. The summed E-state index contributed by atoms with van der Waals surface area (Å²) in [6.07, 6.45) is -0.564. The van der Waals surface area contributed by atoms with Gasteiger partial charge in [-0.2, -0.15) is 0 Å². The predicted molar refractivity (Wildman–Crippen MR) is 116 cm³/mol. The summed E-state index contributed by atoms with van der Waals surface area (Å²) in [6.45, 7) is 7.53. The SMILES string of the molecule is Cc1cc(C(C(=O)N2C[C@H](O)C[C@H]2C(=O)N[C@@H](C)C#Cc2ccccc2)C(C)C)on1. The lowest BCUT2D eigenvalue weighted by molar-refractivity contribution is -0.141. The molecule has 0 aliphatic carbocycles. The normalized spacial score (nSPS) is 20.1. The Morgan fingerprint density at radius 1 is 1.26 bits per heavy atom. The fourth-order valence-corrected chi connectivity index (χ4v) is 3.81. The number of aliphatic hydroxyl groups excluding tert-OH is 1. The number of nitrogens with zero attached hydrogens (tertiary/aromatic N) is 2. The van der Waals surface area contributed by atoms with Gasteiger partial charge in [0, 0.05) is 24.6 Å². The molecule has 2 amide bonds. The molecule has 1 aromatic heterocycles. The highest BCUT2D eigenvalue weighted by Gasteiger charge is 2.43. The molecule has 1 aliphatic heterocycles. The number of hydrogen-bond donors (Lipinski definition) is 2. The zero-order valence-electron chi connectivity index (χ0n) is 18.3. The largest absolute Gasteiger partial charge is 0.391 e. The van der Waals surface area contributed by atoms with Crippen LogP contribution in [0.2, 0.25) is 0 Å². The summed E-state index contributed by atoms with van der Waals surface area (Å²) in [6, 6.07) is 10.1. The molecule has 31 heavy (non-hydrogen) atoms. The molecule has 0 bridgehead atoms. The minimum atomic E-state index is -0.756. The standard InChI is InChI=1S/C24H29N3O4/c1-15(2)22(21-12-17(4)26-31-21)24(30)27-14-19(28)13-20(27)23(29)25-16(3)10-11-18-8-6-5-7-9-18/h5-9,12,15-16,19-20,22,28H,13-14H2,1-4H3,(H,25,29)/t16-,19+,20-,22?/m0/s1. The minimum absolute atomic E-state index is 0.0584. The Morgan fingerprint density at radius 3 is 2.58 bits per heavy atom. The third kappa shape index (κ3) is 5.53. The molecule has 0 saturated carbocycles. The Hall–Kier alpha value is -3.11. The summed E-state index contributed by atoms with van der Waals surface area (Å²) in [7, 11) is 0. The Labute approximate surface area is 182 Å². The maximum atomic E-state index is 13.4. The summed E-state index contributed by atoms with van der Waals surface area (Å²) in [5.74, 6) is 5.31. The highest BCUT2D eigenvalue weighted by molar-refractivity contribution is 5.91.